The van der Waals surface area contributed by atoms with E-state index in [-0.39, 0.29) is 5.92 Å². The molecular formula is C22H20N2OS. The van der Waals surface area contributed by atoms with Gasteiger partial charge in [-0.05, 0) is 22.4 Å². The van der Waals surface area contributed by atoms with Crippen LogP contribution < -0.4 is 16.2 Å². The maximum atomic E-state index is 11.1. The van der Waals surface area contributed by atoms with Gasteiger partial charge in [0.05, 0.1) is 10.9 Å². The number of thiophene rings is 1. The second-order valence-corrected chi connectivity index (χ2v) is 8.18. The first-order chi connectivity index (χ1) is 12.7. The van der Waals surface area contributed by atoms with Crippen molar-refractivity contribution in [3.05, 3.63) is 86.6 Å². The summed E-state index contributed by atoms with van der Waals surface area (Å²) >= 11 is 1.67. The molecule has 26 heavy (non-hydrogen) atoms. The first-order valence-corrected chi connectivity index (χ1v) is 9.69. The molecule has 1 unspecified atom stereocenters. The molecule has 0 amide bonds. The molecule has 4 heteroatoms. The molecule has 3 nitrogen and oxygen atoms in total. The van der Waals surface area contributed by atoms with Crippen molar-refractivity contribution >= 4 is 28.2 Å². The van der Waals surface area contributed by atoms with Gasteiger partial charge in [-0.2, -0.15) is 0 Å². The number of hydrogen-bond donors (Lipinski definition) is 2. The van der Waals surface area contributed by atoms with Crippen molar-refractivity contribution in [2.45, 2.75) is 19.0 Å². The van der Waals surface area contributed by atoms with Crippen LogP contribution in [0, 0.1) is 0 Å². The number of hydrogen-bond acceptors (Lipinski definition) is 4. The zero-order valence-corrected chi connectivity index (χ0v) is 15.2. The topological polar surface area (TPSA) is 49.5 Å². The highest BCUT2D eigenvalue weighted by atomic mass is 32.1. The van der Waals surface area contributed by atoms with Crippen LogP contribution in [0.3, 0.4) is 0 Å². The molecule has 5 rings (SSSR count). The highest BCUT2D eigenvalue weighted by Gasteiger charge is 2.34. The summed E-state index contributed by atoms with van der Waals surface area (Å²) in [5, 5.41) is 14.0. The number of nitrogens with two attached hydrogens (primary N) is 1. The molecule has 0 spiro atoms. The third-order valence-electron chi connectivity index (χ3n) is 5.36. The molecule has 2 aliphatic rings. The van der Waals surface area contributed by atoms with Crippen LogP contribution in [0.1, 0.15) is 27.5 Å². The van der Waals surface area contributed by atoms with Gasteiger partial charge in [-0.1, -0.05) is 54.6 Å². The second kappa shape index (κ2) is 6.01. The van der Waals surface area contributed by atoms with Crippen molar-refractivity contribution in [1.29, 1.82) is 0 Å². The van der Waals surface area contributed by atoms with Crippen molar-refractivity contribution in [2.24, 2.45) is 0 Å². The molecule has 0 saturated carbocycles. The first kappa shape index (κ1) is 15.7. The molecule has 1 atom stereocenters. The maximum absolute atomic E-state index is 11.1. The molecule has 3 aromatic rings. The fraction of sp³-hybridized carbons (Fsp3) is 0.182. The Labute approximate surface area is 156 Å². The number of fused-ring (bicyclic) bond motifs is 1. The minimum atomic E-state index is -0.0223. The molecule has 0 radical (unpaired) electrons. The van der Waals surface area contributed by atoms with Crippen molar-refractivity contribution in [3.63, 3.8) is 0 Å². The Hall–Kier alpha value is -2.56. The van der Waals surface area contributed by atoms with E-state index in [1.165, 1.54) is 16.0 Å². The quantitative estimate of drug-likeness (QED) is 0.739. The minimum absolute atomic E-state index is 0.0223. The Kier molecular flexibility index (Phi) is 3.62. The summed E-state index contributed by atoms with van der Waals surface area (Å²) in [7, 11) is 0. The summed E-state index contributed by atoms with van der Waals surface area (Å²) in [5.41, 5.74) is 10.00. The Bertz CT molecular complexity index is 1100. The van der Waals surface area contributed by atoms with Gasteiger partial charge < -0.3 is 10.8 Å². The molecular weight excluding hydrogens is 340 g/mol. The van der Waals surface area contributed by atoms with Crippen LogP contribution in [-0.2, 0) is 13.1 Å². The largest absolute Gasteiger partial charge is 0.511 e. The average molecular weight is 360 g/mol. The van der Waals surface area contributed by atoms with Gasteiger partial charge in [-0.15, -0.1) is 11.3 Å². The van der Waals surface area contributed by atoms with Gasteiger partial charge in [0.2, 0.25) is 0 Å². The molecule has 2 aromatic carbocycles. The number of anilines is 1. The summed E-state index contributed by atoms with van der Waals surface area (Å²) in [6.45, 7) is 2.56. The molecule has 1 aromatic heterocycles. The molecule has 1 aliphatic heterocycles. The Balaban J connectivity index is 1.64. The lowest BCUT2D eigenvalue weighted by atomic mass is 9.90. The number of rotatable bonds is 2. The number of aliphatic hydroxyl groups is 1. The van der Waals surface area contributed by atoms with E-state index in [1.54, 1.807) is 11.3 Å². The summed E-state index contributed by atoms with van der Waals surface area (Å²) in [6, 6.07) is 18.5. The zero-order chi connectivity index (χ0) is 17.7. The maximum Gasteiger partial charge on any atom is 0.109 e. The van der Waals surface area contributed by atoms with E-state index >= 15 is 0 Å². The molecule has 2 heterocycles. The van der Waals surface area contributed by atoms with E-state index in [0.29, 0.717) is 5.76 Å². The van der Waals surface area contributed by atoms with E-state index in [2.05, 4.69) is 35.2 Å². The molecule has 3 N–H and O–H groups in total. The fourth-order valence-corrected chi connectivity index (χ4v) is 5.33. The van der Waals surface area contributed by atoms with E-state index in [4.69, 9.17) is 5.73 Å². The van der Waals surface area contributed by atoms with E-state index in [1.807, 2.05) is 30.3 Å². The fourth-order valence-electron chi connectivity index (χ4n) is 4.18. The second-order valence-electron chi connectivity index (χ2n) is 7.04. The third-order valence-corrected chi connectivity index (χ3v) is 6.40. The van der Waals surface area contributed by atoms with Gasteiger partial charge >= 0.3 is 0 Å². The zero-order valence-electron chi connectivity index (χ0n) is 14.4. The Morgan fingerprint density at radius 1 is 1.08 bits per heavy atom. The van der Waals surface area contributed by atoms with Crippen LogP contribution >= 0.6 is 11.3 Å². The Morgan fingerprint density at radius 3 is 2.69 bits per heavy atom. The van der Waals surface area contributed by atoms with Gasteiger partial charge in [-0.25, -0.2) is 0 Å². The standard InChI is InChI=1S/C22H20N2OS/c23-22-17-10-15-8-4-5-9-16(15)21(25)18-12-24(13-19(26-22)20(17)18)11-14-6-2-1-3-7-14/h1-10,18,25H,11-13,23H2. The van der Waals surface area contributed by atoms with Crippen LogP contribution in [0.5, 0.6) is 0 Å². The monoisotopic (exact) mass is 360 g/mol. The van der Waals surface area contributed by atoms with Gasteiger partial charge in [-0.3, -0.25) is 4.90 Å². The number of nitrogen functional groups attached to an aromatic ring is 1. The lowest BCUT2D eigenvalue weighted by Gasteiger charge is -2.32. The predicted molar refractivity (Wildman–Crippen MR) is 107 cm³/mol. The van der Waals surface area contributed by atoms with Crippen molar-refractivity contribution in [1.82, 2.24) is 4.90 Å². The van der Waals surface area contributed by atoms with E-state index in [9.17, 15) is 5.11 Å². The van der Waals surface area contributed by atoms with Crippen molar-refractivity contribution in [2.75, 3.05) is 12.3 Å². The van der Waals surface area contributed by atoms with E-state index < -0.39 is 0 Å². The number of nitrogens with zero attached hydrogens (tertiary/aromatic N) is 1. The highest BCUT2D eigenvalue weighted by molar-refractivity contribution is 7.16. The summed E-state index contributed by atoms with van der Waals surface area (Å²) in [4.78, 5) is 3.69. The van der Waals surface area contributed by atoms with Crippen molar-refractivity contribution < 1.29 is 5.11 Å². The van der Waals surface area contributed by atoms with Crippen LogP contribution in [0.25, 0.3) is 11.8 Å². The van der Waals surface area contributed by atoms with Gasteiger partial charge in [0.25, 0.3) is 0 Å². The number of benzene rings is 2. The first-order valence-electron chi connectivity index (χ1n) is 8.88. The van der Waals surface area contributed by atoms with Gasteiger partial charge in [0, 0.05) is 35.3 Å². The average Bonchev–Trinajstić information content (AvgIpc) is 2.90. The van der Waals surface area contributed by atoms with Crippen LogP contribution in [0.2, 0.25) is 0 Å². The smallest absolute Gasteiger partial charge is 0.109 e. The normalized spacial score (nSPS) is 18.6. The predicted octanol–water partition coefficient (Wildman–Crippen LogP) is 2.94. The minimum Gasteiger partial charge on any atom is -0.511 e. The van der Waals surface area contributed by atoms with E-state index in [0.717, 1.165) is 40.6 Å². The Morgan fingerprint density at radius 2 is 1.85 bits per heavy atom. The summed E-state index contributed by atoms with van der Waals surface area (Å²) < 4.78 is 0. The SMILES string of the molecule is Nc1sc2c3c1C=c1ccccc1=C(O)C3CN(Cc1ccccc1)C2. The van der Waals surface area contributed by atoms with Gasteiger partial charge in [0.1, 0.15) is 5.76 Å². The summed E-state index contributed by atoms with van der Waals surface area (Å²) in [6.07, 6.45) is 2.14. The molecule has 0 bridgehead atoms. The molecule has 0 fully saturated rings. The molecule has 130 valence electrons. The van der Waals surface area contributed by atoms with Crippen LogP contribution in [0.15, 0.2) is 54.6 Å². The molecule has 0 saturated heterocycles. The lowest BCUT2D eigenvalue weighted by molar-refractivity contribution is 0.229. The van der Waals surface area contributed by atoms with Crippen LogP contribution in [-0.4, -0.2) is 16.6 Å². The molecule has 1 aliphatic carbocycles. The van der Waals surface area contributed by atoms with Crippen LogP contribution in [0.4, 0.5) is 5.00 Å². The highest BCUT2D eigenvalue weighted by Crippen LogP contribution is 2.44. The number of aliphatic hydroxyl groups excluding tert-OH is 1. The van der Waals surface area contributed by atoms with Crippen molar-refractivity contribution in [3.8, 4) is 0 Å². The summed E-state index contributed by atoms with van der Waals surface area (Å²) in [5.74, 6) is 0.443. The third kappa shape index (κ3) is 2.45. The van der Waals surface area contributed by atoms with Gasteiger partial charge in [0.15, 0.2) is 0 Å². The lowest BCUT2D eigenvalue weighted by Crippen LogP contribution is -2.35.